The Morgan fingerprint density at radius 3 is 2.64 bits per heavy atom. The third kappa shape index (κ3) is 2.69. The maximum Gasteiger partial charge on any atom is 0.317 e. The molecule has 1 fully saturated rings. The first-order valence-electron chi connectivity index (χ1n) is 6.94. The van der Waals surface area contributed by atoms with Crippen molar-refractivity contribution in [2.75, 3.05) is 33.2 Å². The highest BCUT2D eigenvalue weighted by Gasteiger charge is 2.28. The van der Waals surface area contributed by atoms with Crippen molar-refractivity contribution in [1.82, 2.24) is 20.1 Å². The lowest BCUT2D eigenvalue weighted by molar-refractivity contribution is 0.0661. The van der Waals surface area contributed by atoms with Gasteiger partial charge in [-0.3, -0.25) is 4.79 Å². The van der Waals surface area contributed by atoms with Gasteiger partial charge in [-0.15, -0.1) is 11.3 Å². The fraction of sp³-hybridized carbons (Fsp3) is 0.357. The van der Waals surface area contributed by atoms with Gasteiger partial charge in [-0.2, -0.15) is 0 Å². The van der Waals surface area contributed by atoms with Gasteiger partial charge in [0.25, 0.3) is 5.91 Å². The summed E-state index contributed by atoms with van der Waals surface area (Å²) in [6.45, 7) is 2.00. The Morgan fingerprint density at radius 1 is 1.27 bits per heavy atom. The minimum absolute atomic E-state index is 0.118. The molecule has 0 radical (unpaired) electrons. The Morgan fingerprint density at radius 2 is 2.00 bits per heavy atom. The standard InChI is InChI=1S/C14H16N4O3S/c1-15-14(20)18-6-4-17(5-7-18)13(19)11-12(21-9-16-11)10-3-2-8-22-10/h2-3,8-9H,4-7H2,1H3,(H,15,20). The van der Waals surface area contributed by atoms with E-state index in [9.17, 15) is 9.59 Å². The Bertz CT molecular complexity index is 659. The predicted octanol–water partition coefficient (Wildman–Crippen LogP) is 1.50. The zero-order valence-corrected chi connectivity index (χ0v) is 12.9. The van der Waals surface area contributed by atoms with Gasteiger partial charge in [0.1, 0.15) is 0 Å². The topological polar surface area (TPSA) is 78.7 Å². The minimum Gasteiger partial charge on any atom is -0.442 e. The summed E-state index contributed by atoms with van der Waals surface area (Å²) in [5.41, 5.74) is 0.329. The minimum atomic E-state index is -0.159. The number of oxazole rings is 1. The van der Waals surface area contributed by atoms with Crippen molar-refractivity contribution >= 4 is 23.3 Å². The van der Waals surface area contributed by atoms with Crippen LogP contribution in [0.3, 0.4) is 0 Å². The Hall–Kier alpha value is -2.35. The van der Waals surface area contributed by atoms with E-state index in [0.29, 0.717) is 37.6 Å². The summed E-state index contributed by atoms with van der Waals surface area (Å²) >= 11 is 1.50. The van der Waals surface area contributed by atoms with Gasteiger partial charge in [0.15, 0.2) is 17.8 Å². The van der Waals surface area contributed by atoms with Crippen LogP contribution in [0.4, 0.5) is 4.79 Å². The number of hydrogen-bond donors (Lipinski definition) is 1. The first kappa shape index (κ1) is 14.6. The smallest absolute Gasteiger partial charge is 0.317 e. The van der Waals surface area contributed by atoms with E-state index in [0.717, 1.165) is 4.88 Å². The van der Waals surface area contributed by atoms with Gasteiger partial charge >= 0.3 is 6.03 Å². The molecule has 8 heteroatoms. The molecule has 1 aliphatic rings. The number of hydrogen-bond acceptors (Lipinski definition) is 5. The Balaban J connectivity index is 1.71. The molecule has 3 rings (SSSR count). The number of rotatable bonds is 2. The highest BCUT2D eigenvalue weighted by Crippen LogP contribution is 2.28. The zero-order chi connectivity index (χ0) is 15.5. The fourth-order valence-corrected chi connectivity index (χ4v) is 3.11. The van der Waals surface area contributed by atoms with Crippen LogP contribution in [0, 0.1) is 0 Å². The third-order valence-corrected chi connectivity index (χ3v) is 4.45. The van der Waals surface area contributed by atoms with Crippen LogP contribution in [-0.2, 0) is 0 Å². The molecule has 2 aromatic heterocycles. The molecule has 1 N–H and O–H groups in total. The molecule has 3 heterocycles. The number of nitrogens with zero attached hydrogens (tertiary/aromatic N) is 3. The molecular weight excluding hydrogens is 304 g/mol. The van der Waals surface area contributed by atoms with E-state index in [-0.39, 0.29) is 11.9 Å². The average Bonchev–Trinajstić information content (AvgIpc) is 3.24. The van der Waals surface area contributed by atoms with Crippen LogP contribution in [0.5, 0.6) is 0 Å². The number of aromatic nitrogens is 1. The van der Waals surface area contributed by atoms with E-state index in [2.05, 4.69) is 10.3 Å². The summed E-state index contributed by atoms with van der Waals surface area (Å²) in [4.78, 5) is 32.5. The lowest BCUT2D eigenvalue weighted by Gasteiger charge is -2.34. The molecule has 1 saturated heterocycles. The van der Waals surface area contributed by atoms with Gasteiger partial charge in [0.05, 0.1) is 4.88 Å². The van der Waals surface area contributed by atoms with Crippen LogP contribution < -0.4 is 5.32 Å². The number of carbonyl (C=O) groups is 2. The van der Waals surface area contributed by atoms with Crippen LogP contribution in [0.2, 0.25) is 0 Å². The molecule has 1 aliphatic heterocycles. The fourth-order valence-electron chi connectivity index (χ4n) is 2.40. The molecule has 116 valence electrons. The third-order valence-electron chi connectivity index (χ3n) is 3.58. The molecule has 0 saturated carbocycles. The van der Waals surface area contributed by atoms with Crippen molar-refractivity contribution in [2.24, 2.45) is 0 Å². The van der Waals surface area contributed by atoms with Gasteiger partial charge in [0.2, 0.25) is 0 Å². The molecule has 2 aromatic rings. The van der Waals surface area contributed by atoms with Crippen molar-refractivity contribution in [3.05, 3.63) is 29.6 Å². The summed E-state index contributed by atoms with van der Waals surface area (Å²) in [6.07, 6.45) is 1.29. The average molecular weight is 320 g/mol. The predicted molar refractivity (Wildman–Crippen MR) is 81.7 cm³/mol. The highest BCUT2D eigenvalue weighted by atomic mass is 32.1. The number of thiophene rings is 1. The molecule has 0 aliphatic carbocycles. The zero-order valence-electron chi connectivity index (χ0n) is 12.1. The second-order valence-corrected chi connectivity index (χ2v) is 5.79. The summed E-state index contributed by atoms with van der Waals surface area (Å²) in [5.74, 6) is 0.349. The van der Waals surface area contributed by atoms with Crippen molar-refractivity contribution in [3.8, 4) is 10.6 Å². The maximum atomic E-state index is 12.6. The van der Waals surface area contributed by atoms with Crippen molar-refractivity contribution in [2.45, 2.75) is 0 Å². The maximum absolute atomic E-state index is 12.6. The van der Waals surface area contributed by atoms with E-state index >= 15 is 0 Å². The number of nitrogens with one attached hydrogen (secondary N) is 1. The van der Waals surface area contributed by atoms with Crippen LogP contribution in [-0.4, -0.2) is 59.9 Å². The number of urea groups is 1. The Labute approximate surface area is 131 Å². The SMILES string of the molecule is CNC(=O)N1CCN(C(=O)c2ncoc2-c2cccs2)CC1. The van der Waals surface area contributed by atoms with E-state index in [1.807, 2.05) is 17.5 Å². The van der Waals surface area contributed by atoms with Crippen LogP contribution in [0.25, 0.3) is 10.6 Å². The number of piperazine rings is 1. The van der Waals surface area contributed by atoms with Crippen LogP contribution >= 0.6 is 11.3 Å². The molecular formula is C14H16N4O3S. The second-order valence-electron chi connectivity index (χ2n) is 4.84. The molecule has 7 nitrogen and oxygen atoms in total. The van der Waals surface area contributed by atoms with Crippen molar-refractivity contribution < 1.29 is 14.0 Å². The lowest BCUT2D eigenvalue weighted by atomic mass is 10.2. The van der Waals surface area contributed by atoms with Gasteiger partial charge in [0, 0.05) is 33.2 Å². The normalized spacial score (nSPS) is 15.0. The van der Waals surface area contributed by atoms with E-state index in [1.165, 1.54) is 17.7 Å². The van der Waals surface area contributed by atoms with Crippen LogP contribution in [0.15, 0.2) is 28.3 Å². The summed E-state index contributed by atoms with van der Waals surface area (Å²) < 4.78 is 5.38. The van der Waals surface area contributed by atoms with Crippen LogP contribution in [0.1, 0.15) is 10.5 Å². The highest BCUT2D eigenvalue weighted by molar-refractivity contribution is 7.13. The van der Waals surface area contributed by atoms with Gasteiger partial charge in [-0.05, 0) is 11.4 Å². The molecule has 3 amide bonds. The molecule has 0 aromatic carbocycles. The lowest BCUT2D eigenvalue weighted by Crippen LogP contribution is -2.52. The first-order chi connectivity index (χ1) is 10.7. The summed E-state index contributed by atoms with van der Waals surface area (Å²) in [6, 6.07) is 3.68. The molecule has 0 spiro atoms. The number of amides is 3. The molecule has 0 bridgehead atoms. The quantitative estimate of drug-likeness (QED) is 0.909. The van der Waals surface area contributed by atoms with E-state index in [4.69, 9.17) is 4.42 Å². The van der Waals surface area contributed by atoms with Gasteiger partial charge in [-0.25, -0.2) is 9.78 Å². The first-order valence-corrected chi connectivity index (χ1v) is 7.82. The molecule has 0 atom stereocenters. The monoisotopic (exact) mass is 320 g/mol. The van der Waals surface area contributed by atoms with Crippen molar-refractivity contribution in [1.29, 1.82) is 0 Å². The van der Waals surface area contributed by atoms with Gasteiger partial charge < -0.3 is 19.5 Å². The van der Waals surface area contributed by atoms with E-state index < -0.39 is 0 Å². The summed E-state index contributed by atoms with van der Waals surface area (Å²) in [5, 5.41) is 4.52. The number of carbonyl (C=O) groups excluding carboxylic acids is 2. The van der Waals surface area contributed by atoms with Crippen molar-refractivity contribution in [3.63, 3.8) is 0 Å². The molecule has 22 heavy (non-hydrogen) atoms. The molecule has 0 unspecified atom stereocenters. The second kappa shape index (κ2) is 6.18. The largest absolute Gasteiger partial charge is 0.442 e. The Kier molecular flexibility index (Phi) is 4.10. The summed E-state index contributed by atoms with van der Waals surface area (Å²) in [7, 11) is 1.60. The van der Waals surface area contributed by atoms with Gasteiger partial charge in [-0.1, -0.05) is 6.07 Å². The van der Waals surface area contributed by atoms with E-state index in [1.54, 1.807) is 16.8 Å².